The lowest BCUT2D eigenvalue weighted by atomic mass is 9.79. The summed E-state index contributed by atoms with van der Waals surface area (Å²) in [5.74, 6) is -2.51. The molecule has 1 saturated carbocycles. The van der Waals surface area contributed by atoms with Gasteiger partial charge >= 0.3 is 11.9 Å². The first-order chi connectivity index (χ1) is 12.5. The summed E-state index contributed by atoms with van der Waals surface area (Å²) < 4.78 is 0. The molecule has 1 fully saturated rings. The van der Waals surface area contributed by atoms with E-state index in [9.17, 15) is 19.2 Å². The van der Waals surface area contributed by atoms with Gasteiger partial charge in [0.15, 0.2) is 17.0 Å². The lowest BCUT2D eigenvalue weighted by molar-refractivity contribution is -0.264. The molecular formula is C20H32O6. The van der Waals surface area contributed by atoms with Crippen molar-refractivity contribution in [2.45, 2.75) is 97.3 Å². The number of Topliss-reactive ketones (excluding diaryl/α,β-unsaturated/α-hetero) is 2. The Morgan fingerprint density at radius 2 is 1.35 bits per heavy atom. The molecule has 6 nitrogen and oxygen atoms in total. The van der Waals surface area contributed by atoms with Gasteiger partial charge in [-0.1, -0.05) is 65.2 Å². The van der Waals surface area contributed by atoms with Crippen LogP contribution in [0.3, 0.4) is 0 Å². The fraction of sp³-hybridized carbons (Fsp3) is 0.800. The average Bonchev–Trinajstić information content (AvgIpc) is 2.92. The Labute approximate surface area is 155 Å². The maximum atomic E-state index is 12.4. The Morgan fingerprint density at radius 1 is 0.808 bits per heavy atom. The number of unbranched alkanes of at least 4 members (excludes halogenated alkanes) is 7. The lowest BCUT2D eigenvalue weighted by Gasteiger charge is -2.22. The summed E-state index contributed by atoms with van der Waals surface area (Å²) in [5.41, 5.74) is -1.77. The van der Waals surface area contributed by atoms with Crippen LogP contribution in [-0.4, -0.2) is 23.5 Å². The Kier molecular flexibility index (Phi) is 10.1. The second-order valence-corrected chi connectivity index (χ2v) is 7.05. The summed E-state index contributed by atoms with van der Waals surface area (Å²) in [6.07, 6.45) is 8.66. The van der Waals surface area contributed by atoms with Gasteiger partial charge in [-0.05, 0) is 12.8 Å². The van der Waals surface area contributed by atoms with Crippen molar-refractivity contribution >= 4 is 23.5 Å². The van der Waals surface area contributed by atoms with Crippen LogP contribution in [-0.2, 0) is 29.0 Å². The molecule has 6 heteroatoms. The van der Waals surface area contributed by atoms with Crippen molar-refractivity contribution in [3.63, 3.8) is 0 Å². The summed E-state index contributed by atoms with van der Waals surface area (Å²) in [6.45, 7) is 4.16. The highest BCUT2D eigenvalue weighted by Crippen LogP contribution is 2.38. The third-order valence-electron chi connectivity index (χ3n) is 4.98. The molecule has 0 bridgehead atoms. The zero-order chi connectivity index (χ0) is 19.4. The molecule has 1 aliphatic carbocycles. The van der Waals surface area contributed by atoms with Crippen LogP contribution in [0.2, 0.25) is 0 Å². The van der Waals surface area contributed by atoms with Gasteiger partial charge in [0, 0.05) is 12.8 Å². The molecule has 0 N–H and O–H groups in total. The van der Waals surface area contributed by atoms with E-state index in [1.54, 1.807) is 0 Å². The highest BCUT2D eigenvalue weighted by atomic mass is 17.2. The SMILES string of the molecule is CCCCCCCC(=O)OOC(=O)C1(CCCCCC)C(=O)CCC1=O. The molecule has 0 aliphatic heterocycles. The van der Waals surface area contributed by atoms with Gasteiger partial charge in [0.05, 0.1) is 6.42 Å². The standard InChI is InChI=1S/C20H32O6/c1-3-5-7-9-10-12-18(23)25-26-19(24)20(15-11-8-6-4-2)16(21)13-14-17(20)22/h3-15H2,1-2H3. The van der Waals surface area contributed by atoms with Crippen LogP contribution in [0.5, 0.6) is 0 Å². The highest BCUT2D eigenvalue weighted by molar-refractivity contribution is 6.26. The van der Waals surface area contributed by atoms with Crippen LogP contribution >= 0.6 is 0 Å². The van der Waals surface area contributed by atoms with Crippen LogP contribution in [0.1, 0.15) is 97.3 Å². The summed E-state index contributed by atoms with van der Waals surface area (Å²) >= 11 is 0. The van der Waals surface area contributed by atoms with E-state index >= 15 is 0 Å². The second-order valence-electron chi connectivity index (χ2n) is 7.05. The molecule has 0 aromatic heterocycles. The predicted molar refractivity (Wildman–Crippen MR) is 96.0 cm³/mol. The topological polar surface area (TPSA) is 86.7 Å². The minimum absolute atomic E-state index is 0.0487. The first-order valence-electron chi connectivity index (χ1n) is 9.97. The molecule has 0 saturated heterocycles. The first kappa shape index (κ1) is 22.3. The van der Waals surface area contributed by atoms with Gasteiger partial charge in [-0.3, -0.25) is 9.59 Å². The van der Waals surface area contributed by atoms with E-state index in [0.29, 0.717) is 12.8 Å². The molecule has 1 rings (SSSR count). The highest BCUT2D eigenvalue weighted by Gasteiger charge is 2.57. The molecule has 0 unspecified atom stereocenters. The van der Waals surface area contributed by atoms with Crippen LogP contribution in [0.15, 0.2) is 0 Å². The number of hydrogen-bond donors (Lipinski definition) is 0. The normalized spacial score (nSPS) is 15.9. The molecule has 0 radical (unpaired) electrons. The van der Waals surface area contributed by atoms with E-state index in [2.05, 4.69) is 23.6 Å². The summed E-state index contributed by atoms with van der Waals surface area (Å²) in [4.78, 5) is 57.9. The summed E-state index contributed by atoms with van der Waals surface area (Å²) in [6, 6.07) is 0. The molecule has 0 aromatic carbocycles. The molecule has 0 amide bonds. The molecule has 0 heterocycles. The minimum Gasteiger partial charge on any atom is -0.298 e. The van der Waals surface area contributed by atoms with Gasteiger partial charge in [0.1, 0.15) is 0 Å². The smallest absolute Gasteiger partial charge is 0.298 e. The number of carbonyl (C=O) groups excluding carboxylic acids is 4. The molecular weight excluding hydrogens is 336 g/mol. The fourth-order valence-corrected chi connectivity index (χ4v) is 3.30. The van der Waals surface area contributed by atoms with Gasteiger partial charge < -0.3 is 0 Å². The first-order valence-corrected chi connectivity index (χ1v) is 9.97. The van der Waals surface area contributed by atoms with Crippen molar-refractivity contribution in [3.05, 3.63) is 0 Å². The van der Waals surface area contributed by atoms with Crippen molar-refractivity contribution in [2.24, 2.45) is 5.41 Å². The Balaban J connectivity index is 2.52. The number of carbonyl (C=O) groups is 4. The third-order valence-corrected chi connectivity index (χ3v) is 4.98. The predicted octanol–water partition coefficient (Wildman–Crippen LogP) is 4.24. The van der Waals surface area contributed by atoms with E-state index in [-0.39, 0.29) is 25.7 Å². The van der Waals surface area contributed by atoms with Gasteiger partial charge in [0.25, 0.3) is 0 Å². The van der Waals surface area contributed by atoms with Crippen LogP contribution in [0, 0.1) is 5.41 Å². The molecule has 26 heavy (non-hydrogen) atoms. The van der Waals surface area contributed by atoms with Crippen molar-refractivity contribution in [2.75, 3.05) is 0 Å². The Hall–Kier alpha value is -1.72. The van der Waals surface area contributed by atoms with Crippen LogP contribution in [0.4, 0.5) is 0 Å². The second kappa shape index (κ2) is 11.8. The zero-order valence-corrected chi connectivity index (χ0v) is 16.1. The number of rotatable bonds is 12. The van der Waals surface area contributed by atoms with E-state index in [1.165, 1.54) is 0 Å². The van der Waals surface area contributed by atoms with E-state index in [0.717, 1.165) is 44.9 Å². The maximum absolute atomic E-state index is 12.4. The monoisotopic (exact) mass is 368 g/mol. The molecule has 0 atom stereocenters. The summed E-state index contributed by atoms with van der Waals surface area (Å²) in [7, 11) is 0. The molecule has 148 valence electrons. The van der Waals surface area contributed by atoms with E-state index < -0.39 is 28.9 Å². The van der Waals surface area contributed by atoms with Gasteiger partial charge in [-0.2, -0.15) is 0 Å². The van der Waals surface area contributed by atoms with Gasteiger partial charge in [0.2, 0.25) is 0 Å². The fourth-order valence-electron chi connectivity index (χ4n) is 3.30. The van der Waals surface area contributed by atoms with Gasteiger partial charge in [-0.25, -0.2) is 19.4 Å². The quantitative estimate of drug-likeness (QED) is 0.222. The average molecular weight is 368 g/mol. The number of hydrogen-bond acceptors (Lipinski definition) is 6. The zero-order valence-electron chi connectivity index (χ0n) is 16.1. The third kappa shape index (κ3) is 6.22. The number of ketones is 2. The van der Waals surface area contributed by atoms with E-state index in [1.807, 2.05) is 0 Å². The minimum atomic E-state index is -1.77. The summed E-state index contributed by atoms with van der Waals surface area (Å²) in [5, 5.41) is 0. The lowest BCUT2D eigenvalue weighted by Crippen LogP contribution is -2.43. The van der Waals surface area contributed by atoms with Crippen molar-refractivity contribution in [3.8, 4) is 0 Å². The van der Waals surface area contributed by atoms with Gasteiger partial charge in [-0.15, -0.1) is 0 Å². The largest absolute Gasteiger partial charge is 0.376 e. The van der Waals surface area contributed by atoms with Crippen molar-refractivity contribution < 1.29 is 29.0 Å². The molecule has 0 aromatic rings. The van der Waals surface area contributed by atoms with E-state index in [4.69, 9.17) is 0 Å². The molecule has 0 spiro atoms. The Morgan fingerprint density at radius 3 is 1.92 bits per heavy atom. The maximum Gasteiger partial charge on any atom is 0.376 e. The molecule has 1 aliphatic rings. The van der Waals surface area contributed by atoms with Crippen LogP contribution < -0.4 is 0 Å². The van der Waals surface area contributed by atoms with Crippen molar-refractivity contribution in [1.29, 1.82) is 0 Å². The van der Waals surface area contributed by atoms with Crippen molar-refractivity contribution in [1.82, 2.24) is 0 Å². The van der Waals surface area contributed by atoms with Crippen LogP contribution in [0.25, 0.3) is 0 Å². The Bertz CT molecular complexity index is 481.